The molecule has 3 N–H and O–H groups in total. The first-order chi connectivity index (χ1) is 12.5. The van der Waals surface area contributed by atoms with Crippen molar-refractivity contribution < 1.29 is 18.3 Å². The van der Waals surface area contributed by atoms with Gasteiger partial charge in [0.05, 0.1) is 20.8 Å². The zero-order valence-electron chi connectivity index (χ0n) is 14.9. The molecule has 0 aliphatic heterocycles. The van der Waals surface area contributed by atoms with Gasteiger partial charge in [0.25, 0.3) is 0 Å². The van der Waals surface area contributed by atoms with E-state index in [0.717, 1.165) is 11.6 Å². The Balaban J connectivity index is 1.79. The zero-order chi connectivity index (χ0) is 18.9. The number of halogens is 2. The molecule has 0 radical (unpaired) electrons. The van der Waals surface area contributed by atoms with Crippen molar-refractivity contribution in [2.45, 2.75) is 19.4 Å². The summed E-state index contributed by atoms with van der Waals surface area (Å²) in [6, 6.07) is 9.06. The number of ether oxygens (including phenoxy) is 2. The topological polar surface area (TPSA) is 68.9 Å². The lowest BCUT2D eigenvalue weighted by Crippen LogP contribution is -2.32. The highest BCUT2D eigenvalue weighted by molar-refractivity contribution is 5.77. The molecule has 0 atom stereocenters. The SMILES string of the molecule is COc1ccc(CN=C(N)NCCCc2cc(F)cc(F)c2)cc1OC. The van der Waals surface area contributed by atoms with Crippen molar-refractivity contribution in [1.29, 1.82) is 0 Å². The van der Waals surface area contributed by atoms with Crippen molar-refractivity contribution in [2.24, 2.45) is 10.7 Å². The van der Waals surface area contributed by atoms with Crippen molar-refractivity contribution in [2.75, 3.05) is 20.8 Å². The summed E-state index contributed by atoms with van der Waals surface area (Å²) in [6.07, 6.45) is 1.22. The monoisotopic (exact) mass is 363 g/mol. The van der Waals surface area contributed by atoms with Crippen LogP contribution in [0.25, 0.3) is 0 Å². The largest absolute Gasteiger partial charge is 0.493 e. The zero-order valence-corrected chi connectivity index (χ0v) is 14.9. The standard InChI is InChI=1S/C19H23F2N3O2/c1-25-17-6-5-14(10-18(17)26-2)12-24-19(22)23-7-3-4-13-8-15(20)11-16(21)9-13/h5-6,8-11H,3-4,7,12H2,1-2H3,(H3,22,23,24). The normalized spacial score (nSPS) is 11.3. The first-order valence-electron chi connectivity index (χ1n) is 8.21. The van der Waals surface area contributed by atoms with Crippen LogP contribution in [0.2, 0.25) is 0 Å². The first-order valence-corrected chi connectivity index (χ1v) is 8.21. The molecule has 140 valence electrons. The highest BCUT2D eigenvalue weighted by Gasteiger charge is 2.04. The number of nitrogens with zero attached hydrogens (tertiary/aromatic N) is 1. The average molecular weight is 363 g/mol. The highest BCUT2D eigenvalue weighted by atomic mass is 19.1. The molecule has 0 unspecified atom stereocenters. The third-order valence-electron chi connectivity index (χ3n) is 3.75. The number of nitrogens with one attached hydrogen (secondary N) is 1. The predicted molar refractivity (Wildman–Crippen MR) is 97.6 cm³/mol. The van der Waals surface area contributed by atoms with Gasteiger partial charge < -0.3 is 20.5 Å². The second-order valence-corrected chi connectivity index (χ2v) is 5.70. The molecule has 7 heteroatoms. The Kier molecular flexibility index (Phi) is 7.20. The number of aliphatic imine (C=N–C) groups is 1. The van der Waals surface area contributed by atoms with E-state index in [0.29, 0.717) is 49.0 Å². The minimum absolute atomic E-state index is 0.310. The third kappa shape index (κ3) is 5.91. The molecule has 5 nitrogen and oxygen atoms in total. The van der Waals surface area contributed by atoms with E-state index in [1.807, 2.05) is 18.2 Å². The van der Waals surface area contributed by atoms with Crippen LogP contribution in [-0.4, -0.2) is 26.7 Å². The molecule has 0 saturated heterocycles. The van der Waals surface area contributed by atoms with Gasteiger partial charge in [-0.05, 0) is 48.2 Å². The Morgan fingerprint density at radius 2 is 1.69 bits per heavy atom. The van der Waals surface area contributed by atoms with Crippen LogP contribution in [0.1, 0.15) is 17.5 Å². The summed E-state index contributed by atoms with van der Waals surface area (Å²) in [4.78, 5) is 4.27. The van der Waals surface area contributed by atoms with E-state index < -0.39 is 11.6 Å². The first kappa shape index (κ1) is 19.5. The smallest absolute Gasteiger partial charge is 0.188 e. The van der Waals surface area contributed by atoms with Crippen molar-refractivity contribution in [3.05, 3.63) is 59.2 Å². The fourth-order valence-corrected chi connectivity index (χ4v) is 2.48. The number of hydrogen-bond acceptors (Lipinski definition) is 3. The quantitative estimate of drug-likeness (QED) is 0.430. The molecule has 0 aromatic heterocycles. The van der Waals surface area contributed by atoms with E-state index in [1.165, 1.54) is 12.1 Å². The average Bonchev–Trinajstić information content (AvgIpc) is 2.62. The molecule has 0 saturated carbocycles. The number of hydrogen-bond donors (Lipinski definition) is 2. The minimum Gasteiger partial charge on any atom is -0.493 e. The van der Waals surface area contributed by atoms with Gasteiger partial charge in [-0.3, -0.25) is 0 Å². The van der Waals surface area contributed by atoms with Crippen LogP contribution in [-0.2, 0) is 13.0 Å². The maximum Gasteiger partial charge on any atom is 0.188 e. The lowest BCUT2D eigenvalue weighted by atomic mass is 10.1. The Morgan fingerprint density at radius 3 is 2.35 bits per heavy atom. The number of methoxy groups -OCH3 is 2. The molecular weight excluding hydrogens is 340 g/mol. The fourth-order valence-electron chi connectivity index (χ4n) is 2.48. The van der Waals surface area contributed by atoms with Crippen LogP contribution in [0.3, 0.4) is 0 Å². The summed E-state index contributed by atoms with van der Waals surface area (Å²) in [5, 5.41) is 2.99. The van der Waals surface area contributed by atoms with Gasteiger partial charge in [-0.15, -0.1) is 0 Å². The molecule has 2 aromatic carbocycles. The van der Waals surface area contributed by atoms with Gasteiger partial charge in [0.15, 0.2) is 17.5 Å². The summed E-state index contributed by atoms with van der Waals surface area (Å²) in [5.74, 6) is 0.465. The molecule has 0 amide bonds. The van der Waals surface area contributed by atoms with Crippen LogP contribution in [0.5, 0.6) is 11.5 Å². The van der Waals surface area contributed by atoms with Crippen molar-refractivity contribution in [3.63, 3.8) is 0 Å². The van der Waals surface area contributed by atoms with Gasteiger partial charge in [-0.2, -0.15) is 0 Å². The molecular formula is C19H23F2N3O2. The number of rotatable bonds is 8. The second-order valence-electron chi connectivity index (χ2n) is 5.70. The van der Waals surface area contributed by atoms with E-state index in [9.17, 15) is 8.78 Å². The van der Waals surface area contributed by atoms with Crippen LogP contribution < -0.4 is 20.5 Å². The summed E-state index contributed by atoms with van der Waals surface area (Å²) < 4.78 is 36.7. The van der Waals surface area contributed by atoms with Crippen LogP contribution in [0.15, 0.2) is 41.4 Å². The van der Waals surface area contributed by atoms with E-state index in [-0.39, 0.29) is 0 Å². The van der Waals surface area contributed by atoms with E-state index in [1.54, 1.807) is 14.2 Å². The Hall–Kier alpha value is -2.83. The molecule has 2 aromatic rings. The third-order valence-corrected chi connectivity index (χ3v) is 3.75. The molecule has 2 rings (SSSR count). The van der Waals surface area contributed by atoms with Gasteiger partial charge in [0.2, 0.25) is 0 Å². The Labute approximate surface area is 151 Å². The lowest BCUT2D eigenvalue weighted by molar-refractivity contribution is 0.354. The highest BCUT2D eigenvalue weighted by Crippen LogP contribution is 2.27. The molecule has 26 heavy (non-hydrogen) atoms. The summed E-state index contributed by atoms with van der Waals surface area (Å²) >= 11 is 0. The summed E-state index contributed by atoms with van der Waals surface area (Å²) in [7, 11) is 3.15. The maximum atomic E-state index is 13.1. The molecule has 0 aliphatic carbocycles. The van der Waals surface area contributed by atoms with Crippen molar-refractivity contribution in [1.82, 2.24) is 5.32 Å². The lowest BCUT2D eigenvalue weighted by Gasteiger charge is -2.09. The van der Waals surface area contributed by atoms with Crippen molar-refractivity contribution in [3.8, 4) is 11.5 Å². The molecule has 0 spiro atoms. The molecule has 0 aliphatic rings. The predicted octanol–water partition coefficient (Wildman–Crippen LogP) is 3.02. The fraction of sp³-hybridized carbons (Fsp3) is 0.316. The van der Waals surface area contributed by atoms with E-state index in [4.69, 9.17) is 15.2 Å². The van der Waals surface area contributed by atoms with Crippen LogP contribution in [0, 0.1) is 11.6 Å². The number of nitrogens with two attached hydrogens (primary N) is 1. The van der Waals surface area contributed by atoms with Crippen LogP contribution >= 0.6 is 0 Å². The second kappa shape index (κ2) is 9.60. The van der Waals surface area contributed by atoms with Crippen LogP contribution in [0.4, 0.5) is 8.78 Å². The Bertz CT molecular complexity index is 746. The van der Waals surface area contributed by atoms with Gasteiger partial charge in [0.1, 0.15) is 11.6 Å². The van der Waals surface area contributed by atoms with Gasteiger partial charge in [-0.1, -0.05) is 6.07 Å². The van der Waals surface area contributed by atoms with E-state index in [2.05, 4.69) is 10.3 Å². The number of benzene rings is 2. The van der Waals surface area contributed by atoms with Gasteiger partial charge in [0, 0.05) is 12.6 Å². The Morgan fingerprint density at radius 1 is 1.00 bits per heavy atom. The molecule has 0 fully saturated rings. The van der Waals surface area contributed by atoms with Gasteiger partial charge >= 0.3 is 0 Å². The molecule has 0 heterocycles. The maximum absolute atomic E-state index is 13.1. The van der Waals surface area contributed by atoms with Gasteiger partial charge in [-0.25, -0.2) is 13.8 Å². The van der Waals surface area contributed by atoms with E-state index >= 15 is 0 Å². The number of aryl methyl sites for hydroxylation is 1. The number of guanidine groups is 1. The summed E-state index contributed by atoms with van der Waals surface area (Å²) in [5.41, 5.74) is 7.39. The molecule has 0 bridgehead atoms. The summed E-state index contributed by atoms with van der Waals surface area (Å²) in [6.45, 7) is 0.952. The van der Waals surface area contributed by atoms with Crippen molar-refractivity contribution >= 4 is 5.96 Å². The minimum atomic E-state index is -0.566.